The number of carbonyl (C=O) groups excluding carboxylic acids is 1. The van der Waals surface area contributed by atoms with Gasteiger partial charge in [-0.25, -0.2) is 4.79 Å². The number of methoxy groups -OCH3 is 1. The van der Waals surface area contributed by atoms with E-state index >= 15 is 0 Å². The fraction of sp³-hybridized carbons (Fsp3) is 0.0714. The number of anilines is 2. The van der Waals surface area contributed by atoms with E-state index in [0.717, 1.165) is 4.47 Å². The van der Waals surface area contributed by atoms with Crippen LogP contribution in [0.25, 0.3) is 0 Å². The molecule has 0 aliphatic carbocycles. The summed E-state index contributed by atoms with van der Waals surface area (Å²) < 4.78 is 5.41. The molecule has 0 atom stereocenters. The van der Waals surface area contributed by atoms with Gasteiger partial charge >= 0.3 is 5.97 Å². The highest BCUT2D eigenvalue weighted by atomic mass is 79.9. The summed E-state index contributed by atoms with van der Waals surface area (Å²) in [6.45, 7) is 0. The van der Waals surface area contributed by atoms with Crippen molar-refractivity contribution < 1.29 is 9.53 Å². The van der Waals surface area contributed by atoms with E-state index in [-0.39, 0.29) is 5.97 Å². The molecule has 1 heterocycles. The fourth-order valence-electron chi connectivity index (χ4n) is 1.41. The summed E-state index contributed by atoms with van der Waals surface area (Å²) in [5, 5.41) is 3.09. The monoisotopic (exact) mass is 305 g/mol. The molecule has 1 N–H and O–H groups in total. The first-order valence-electron chi connectivity index (χ1n) is 5.40. The van der Waals surface area contributed by atoms with Crippen molar-refractivity contribution in [3.63, 3.8) is 0 Å². The lowest BCUT2D eigenvalue weighted by molar-refractivity contribution is 0.0600. The smallest absolute Gasteiger partial charge is 0.337 e. The highest BCUT2D eigenvalue weighted by Crippen LogP contribution is 2.36. The Kier molecular flexibility index (Phi) is 3.99. The molecule has 0 fully saturated rings. The fourth-order valence-corrected chi connectivity index (χ4v) is 1.81. The first kappa shape index (κ1) is 12.6. The van der Waals surface area contributed by atoms with E-state index in [9.17, 15) is 4.79 Å². The topological polar surface area (TPSA) is 48.2 Å². The molecule has 0 saturated heterocycles. The van der Waals surface area contributed by atoms with Crippen molar-refractivity contribution >= 4 is 33.3 Å². The van der Waals surface area contributed by atoms with Crippen LogP contribution in [0.3, 0.4) is 0 Å². The predicted octanol–water partition coefficient (Wildman–Crippen LogP) is 3.98. The van der Waals surface area contributed by atoms with E-state index < -0.39 is 0 Å². The molecular weight excluding hydrogens is 294 g/mol. The summed E-state index contributed by atoms with van der Waals surface area (Å²) in [5.74, 6) is -0.314. The van der Waals surface area contributed by atoms with Gasteiger partial charge in [0.2, 0.25) is 0 Å². The van der Waals surface area contributed by atoms with Crippen LogP contribution in [0.1, 0.15) is 10.4 Å². The Morgan fingerprint density at radius 3 is 2.28 bits per heavy atom. The van der Waals surface area contributed by atoms with Crippen molar-refractivity contribution in [2.75, 3.05) is 12.4 Å². The van der Waals surface area contributed by atoms with Crippen molar-refractivity contribution in [3.05, 3.63) is 58.6 Å². The number of esters is 1. The number of fused-ring (bicyclic) bond motifs is 1. The third kappa shape index (κ3) is 3.34. The summed E-state index contributed by atoms with van der Waals surface area (Å²) in [4.78, 5) is 10.9. The number of hydrogen-bond acceptors (Lipinski definition) is 3. The molecular formula is C14H12BrNO2. The van der Waals surface area contributed by atoms with Gasteiger partial charge in [0.25, 0.3) is 0 Å². The van der Waals surface area contributed by atoms with Crippen molar-refractivity contribution in [2.24, 2.45) is 0 Å². The van der Waals surface area contributed by atoms with Crippen LogP contribution >= 0.6 is 15.9 Å². The second kappa shape index (κ2) is 5.69. The van der Waals surface area contributed by atoms with Gasteiger partial charge in [-0.3, -0.25) is 0 Å². The number of benzene rings is 2. The normalized spacial score (nSPS) is 10.3. The highest BCUT2D eigenvalue weighted by Gasteiger charge is 2.10. The van der Waals surface area contributed by atoms with Gasteiger partial charge in [0.05, 0.1) is 24.0 Å². The quantitative estimate of drug-likeness (QED) is 0.546. The molecule has 0 aromatic heterocycles. The summed E-state index contributed by atoms with van der Waals surface area (Å²) in [7, 11) is 1.36. The zero-order valence-electron chi connectivity index (χ0n) is 9.81. The number of nitrogens with one attached hydrogen (secondary N) is 1. The van der Waals surface area contributed by atoms with Gasteiger partial charge in [0.1, 0.15) is 0 Å². The third-order valence-electron chi connectivity index (χ3n) is 2.38. The van der Waals surface area contributed by atoms with Crippen LogP contribution in [0, 0.1) is 0 Å². The Hall–Kier alpha value is -1.81. The largest absolute Gasteiger partial charge is 0.465 e. The molecule has 4 heteroatoms. The van der Waals surface area contributed by atoms with Gasteiger partial charge in [-0.2, -0.15) is 0 Å². The van der Waals surface area contributed by atoms with Crippen LogP contribution in [0.5, 0.6) is 0 Å². The number of para-hydroxylation sites is 2. The SMILES string of the molecule is COC(=O)c1cccc(Br)c1.c1ccc2c(c1)N2. The van der Waals surface area contributed by atoms with Crippen LogP contribution in [0.2, 0.25) is 0 Å². The second-order valence-electron chi connectivity index (χ2n) is 3.67. The van der Waals surface area contributed by atoms with Gasteiger partial charge < -0.3 is 10.1 Å². The Morgan fingerprint density at radius 2 is 1.78 bits per heavy atom. The van der Waals surface area contributed by atoms with Gasteiger partial charge in [-0.15, -0.1) is 0 Å². The summed E-state index contributed by atoms with van der Waals surface area (Å²) >= 11 is 3.25. The average Bonchev–Trinajstić information content (AvgIpc) is 3.18. The molecule has 0 saturated carbocycles. The number of hydrogen-bond donors (Lipinski definition) is 1. The van der Waals surface area contributed by atoms with Crippen molar-refractivity contribution in [1.82, 2.24) is 0 Å². The van der Waals surface area contributed by atoms with Crippen LogP contribution in [0.15, 0.2) is 53.0 Å². The molecule has 2 aromatic carbocycles. The van der Waals surface area contributed by atoms with E-state index in [4.69, 9.17) is 0 Å². The maximum absolute atomic E-state index is 10.9. The molecule has 0 spiro atoms. The first-order valence-corrected chi connectivity index (χ1v) is 6.20. The predicted molar refractivity (Wildman–Crippen MR) is 75.2 cm³/mol. The van der Waals surface area contributed by atoms with E-state index in [0.29, 0.717) is 5.56 Å². The zero-order valence-corrected chi connectivity index (χ0v) is 11.4. The Morgan fingerprint density at radius 1 is 1.11 bits per heavy atom. The third-order valence-corrected chi connectivity index (χ3v) is 2.87. The minimum absolute atomic E-state index is 0.314. The molecule has 0 bridgehead atoms. The van der Waals surface area contributed by atoms with Crippen LogP contribution in [-0.4, -0.2) is 13.1 Å². The Labute approximate surface area is 114 Å². The lowest BCUT2D eigenvalue weighted by Crippen LogP contribution is -2.00. The van der Waals surface area contributed by atoms with Crippen molar-refractivity contribution in [1.29, 1.82) is 0 Å². The van der Waals surface area contributed by atoms with E-state index in [1.165, 1.54) is 18.5 Å². The molecule has 1 aliphatic rings. The molecule has 18 heavy (non-hydrogen) atoms. The number of carbonyl (C=O) groups is 1. The number of rotatable bonds is 1. The molecule has 0 amide bonds. The van der Waals surface area contributed by atoms with Crippen LogP contribution < -0.4 is 5.32 Å². The first-order chi connectivity index (χ1) is 8.70. The molecule has 3 rings (SSSR count). The lowest BCUT2D eigenvalue weighted by atomic mass is 10.2. The minimum atomic E-state index is -0.314. The Bertz CT molecular complexity index is 548. The second-order valence-corrected chi connectivity index (χ2v) is 4.59. The van der Waals surface area contributed by atoms with E-state index in [2.05, 4.69) is 38.1 Å². The molecule has 1 aliphatic heterocycles. The van der Waals surface area contributed by atoms with Gasteiger partial charge in [-0.05, 0) is 30.3 Å². The summed E-state index contributed by atoms with van der Waals surface area (Å²) in [6, 6.07) is 15.2. The van der Waals surface area contributed by atoms with Gasteiger partial charge in [0.15, 0.2) is 0 Å². The molecule has 0 radical (unpaired) electrons. The zero-order chi connectivity index (χ0) is 13.0. The van der Waals surface area contributed by atoms with E-state index in [1.807, 2.05) is 18.2 Å². The molecule has 0 unspecified atom stereocenters. The lowest BCUT2D eigenvalue weighted by Gasteiger charge is -1.97. The van der Waals surface area contributed by atoms with Crippen LogP contribution in [-0.2, 0) is 4.74 Å². The van der Waals surface area contributed by atoms with Crippen molar-refractivity contribution in [3.8, 4) is 0 Å². The molecule has 92 valence electrons. The van der Waals surface area contributed by atoms with Gasteiger partial charge in [0, 0.05) is 4.47 Å². The van der Waals surface area contributed by atoms with Crippen LogP contribution in [0.4, 0.5) is 11.4 Å². The molecule has 2 aromatic rings. The number of halogens is 1. The maximum Gasteiger partial charge on any atom is 0.337 e. The number of ether oxygens (including phenoxy) is 1. The summed E-state index contributed by atoms with van der Waals surface area (Å²) in [5.41, 5.74) is 3.12. The van der Waals surface area contributed by atoms with Gasteiger partial charge in [-0.1, -0.05) is 34.1 Å². The average molecular weight is 306 g/mol. The standard InChI is InChI=1S/C8H7BrO2.C6H5N/c1-11-8(10)6-3-2-4-7(9)5-6;1-2-4-6-5(3-1)7-6/h2-5H,1H3;1-4,7H. The maximum atomic E-state index is 10.9. The molecule has 3 nitrogen and oxygen atoms in total. The van der Waals surface area contributed by atoms with E-state index in [1.54, 1.807) is 18.2 Å². The van der Waals surface area contributed by atoms with Crippen molar-refractivity contribution in [2.45, 2.75) is 0 Å². The Balaban J connectivity index is 0.000000146. The minimum Gasteiger partial charge on any atom is -0.465 e. The summed E-state index contributed by atoms with van der Waals surface area (Å²) in [6.07, 6.45) is 0. The highest BCUT2D eigenvalue weighted by molar-refractivity contribution is 9.10.